The molecule has 2 rings (SSSR count). The van der Waals surface area contributed by atoms with Crippen LogP contribution in [-0.4, -0.2) is 76.8 Å². The molecule has 1 heterocycles. The highest BCUT2D eigenvalue weighted by molar-refractivity contribution is 5.85. The number of benzene rings is 1. The second-order valence-electron chi connectivity index (χ2n) is 6.40. The van der Waals surface area contributed by atoms with Crippen molar-refractivity contribution in [3.63, 3.8) is 0 Å². The number of carbonyl (C=O) groups is 1. The maximum absolute atomic E-state index is 12.2. The molecule has 1 aromatic carbocycles. The van der Waals surface area contributed by atoms with Gasteiger partial charge in [-0.1, -0.05) is 0 Å². The van der Waals surface area contributed by atoms with Gasteiger partial charge in [0.2, 0.25) is 11.7 Å². The Balaban J connectivity index is 0.00000364. The van der Waals surface area contributed by atoms with Crippen molar-refractivity contribution in [1.82, 2.24) is 15.1 Å². The van der Waals surface area contributed by atoms with Crippen molar-refractivity contribution in [3.05, 3.63) is 17.7 Å². The molecule has 28 heavy (non-hydrogen) atoms. The maximum Gasteiger partial charge on any atom is 0.222 e. The molecule has 1 N–H and O–H groups in total. The highest BCUT2D eigenvalue weighted by Crippen LogP contribution is 2.38. The number of halogens is 2. The van der Waals surface area contributed by atoms with E-state index in [-0.39, 0.29) is 30.7 Å². The van der Waals surface area contributed by atoms with Crippen LogP contribution in [0.2, 0.25) is 0 Å². The molecule has 0 atom stereocenters. The molecule has 0 spiro atoms. The summed E-state index contributed by atoms with van der Waals surface area (Å²) in [6, 6.07) is 3.97. The van der Waals surface area contributed by atoms with Gasteiger partial charge < -0.3 is 24.4 Å². The van der Waals surface area contributed by atoms with Gasteiger partial charge in [0.25, 0.3) is 0 Å². The summed E-state index contributed by atoms with van der Waals surface area (Å²) in [6.45, 7) is 4.97. The number of piperazine rings is 1. The van der Waals surface area contributed by atoms with Crippen LogP contribution in [0.25, 0.3) is 0 Å². The Morgan fingerprint density at radius 3 is 2.04 bits per heavy atom. The fourth-order valence-electron chi connectivity index (χ4n) is 3.21. The monoisotopic (exact) mass is 437 g/mol. The molecule has 1 saturated heterocycles. The van der Waals surface area contributed by atoms with Gasteiger partial charge in [-0.2, -0.15) is 0 Å². The minimum Gasteiger partial charge on any atom is -0.493 e. The lowest BCUT2D eigenvalue weighted by molar-refractivity contribution is -0.133. The Hall–Kier alpha value is -1.41. The van der Waals surface area contributed by atoms with E-state index in [1.54, 1.807) is 21.3 Å². The van der Waals surface area contributed by atoms with Crippen molar-refractivity contribution < 1.29 is 19.0 Å². The van der Waals surface area contributed by atoms with Crippen LogP contribution in [0.4, 0.5) is 0 Å². The summed E-state index contributed by atoms with van der Waals surface area (Å²) >= 11 is 0. The first-order valence-corrected chi connectivity index (χ1v) is 9.06. The van der Waals surface area contributed by atoms with Gasteiger partial charge in [-0.25, -0.2) is 0 Å². The van der Waals surface area contributed by atoms with Crippen LogP contribution in [0.1, 0.15) is 18.4 Å². The molecule has 1 aromatic rings. The molecule has 0 saturated carbocycles. The van der Waals surface area contributed by atoms with Crippen molar-refractivity contribution in [2.24, 2.45) is 0 Å². The van der Waals surface area contributed by atoms with Crippen molar-refractivity contribution in [3.8, 4) is 17.2 Å². The zero-order valence-electron chi connectivity index (χ0n) is 17.2. The molecule has 0 aromatic heterocycles. The predicted molar refractivity (Wildman–Crippen MR) is 116 cm³/mol. The number of amides is 1. The van der Waals surface area contributed by atoms with Gasteiger partial charge in [-0.05, 0) is 37.7 Å². The van der Waals surface area contributed by atoms with Gasteiger partial charge >= 0.3 is 0 Å². The standard InChI is InChI=1S/C19H31N3O4.2ClH/c1-20-7-5-6-18(23)22-10-8-21(9-11-22)14-15-12-16(24-2)19(26-4)17(13-15)25-3;;/h12-13,20H,5-11,14H2,1-4H3;2*1H. The summed E-state index contributed by atoms with van der Waals surface area (Å²) in [5.74, 6) is 2.20. The molecule has 7 nitrogen and oxygen atoms in total. The quantitative estimate of drug-likeness (QED) is 0.597. The molecule has 0 radical (unpaired) electrons. The number of rotatable bonds is 9. The van der Waals surface area contributed by atoms with Crippen LogP contribution in [0.3, 0.4) is 0 Å². The van der Waals surface area contributed by atoms with E-state index in [1.165, 1.54) is 0 Å². The number of nitrogens with zero attached hydrogens (tertiary/aromatic N) is 2. The average Bonchev–Trinajstić information content (AvgIpc) is 2.67. The second kappa shape index (κ2) is 13.7. The molecule has 1 amide bonds. The predicted octanol–water partition coefficient (Wildman–Crippen LogP) is 2.20. The van der Waals surface area contributed by atoms with E-state index in [2.05, 4.69) is 10.2 Å². The second-order valence-corrected chi connectivity index (χ2v) is 6.40. The third-order valence-corrected chi connectivity index (χ3v) is 4.67. The number of hydrogen-bond acceptors (Lipinski definition) is 6. The molecule has 1 aliphatic rings. The van der Waals surface area contributed by atoms with Gasteiger partial charge in [0.15, 0.2) is 11.5 Å². The fourth-order valence-corrected chi connectivity index (χ4v) is 3.21. The first-order valence-electron chi connectivity index (χ1n) is 9.06. The molecule has 0 unspecified atom stereocenters. The maximum atomic E-state index is 12.2. The minimum atomic E-state index is 0. The first-order chi connectivity index (χ1) is 12.6. The summed E-state index contributed by atoms with van der Waals surface area (Å²) in [5.41, 5.74) is 1.10. The van der Waals surface area contributed by atoms with Crippen molar-refractivity contribution in [1.29, 1.82) is 0 Å². The Bertz CT molecular complexity index is 572. The fraction of sp³-hybridized carbons (Fsp3) is 0.632. The van der Waals surface area contributed by atoms with Gasteiger partial charge in [0.05, 0.1) is 21.3 Å². The Kier molecular flexibility index (Phi) is 13.0. The summed E-state index contributed by atoms with van der Waals surface area (Å²) in [6.07, 6.45) is 1.51. The lowest BCUT2D eigenvalue weighted by Gasteiger charge is -2.35. The van der Waals surface area contributed by atoms with Crippen LogP contribution < -0.4 is 19.5 Å². The van der Waals surface area contributed by atoms with Crippen LogP contribution >= 0.6 is 24.8 Å². The summed E-state index contributed by atoms with van der Waals surface area (Å²) in [7, 11) is 6.76. The van der Waals surface area contributed by atoms with Gasteiger partial charge in [-0.15, -0.1) is 24.8 Å². The van der Waals surface area contributed by atoms with E-state index in [4.69, 9.17) is 14.2 Å². The van der Waals surface area contributed by atoms with E-state index >= 15 is 0 Å². The van der Waals surface area contributed by atoms with Crippen LogP contribution in [0.15, 0.2) is 12.1 Å². The number of ether oxygens (including phenoxy) is 3. The van der Waals surface area contributed by atoms with Crippen LogP contribution in [0.5, 0.6) is 17.2 Å². The highest BCUT2D eigenvalue weighted by atomic mass is 35.5. The average molecular weight is 438 g/mol. The third-order valence-electron chi connectivity index (χ3n) is 4.67. The normalized spacial score (nSPS) is 13.9. The highest BCUT2D eigenvalue weighted by Gasteiger charge is 2.21. The topological polar surface area (TPSA) is 63.3 Å². The number of hydrogen-bond donors (Lipinski definition) is 1. The zero-order chi connectivity index (χ0) is 18.9. The Morgan fingerprint density at radius 1 is 1.00 bits per heavy atom. The molecule has 1 aliphatic heterocycles. The largest absolute Gasteiger partial charge is 0.493 e. The first kappa shape index (κ1) is 26.6. The smallest absolute Gasteiger partial charge is 0.222 e. The zero-order valence-corrected chi connectivity index (χ0v) is 18.8. The van der Waals surface area contributed by atoms with Crippen molar-refractivity contribution in [2.45, 2.75) is 19.4 Å². The molecular weight excluding hydrogens is 405 g/mol. The summed E-state index contributed by atoms with van der Waals surface area (Å²) in [5, 5.41) is 3.08. The number of nitrogens with one attached hydrogen (secondary N) is 1. The van der Waals surface area contributed by atoms with E-state index < -0.39 is 0 Å². The molecule has 9 heteroatoms. The third kappa shape index (κ3) is 7.20. The van der Waals surface area contributed by atoms with Crippen molar-refractivity contribution in [2.75, 3.05) is 61.1 Å². The lowest BCUT2D eigenvalue weighted by atomic mass is 10.1. The van der Waals surface area contributed by atoms with Gasteiger partial charge in [0.1, 0.15) is 0 Å². The Morgan fingerprint density at radius 2 is 1.57 bits per heavy atom. The molecule has 1 fully saturated rings. The molecule has 0 aliphatic carbocycles. The van der Waals surface area contributed by atoms with E-state index in [1.807, 2.05) is 24.1 Å². The molecular formula is C19H33Cl2N3O4. The van der Waals surface area contributed by atoms with Crippen LogP contribution in [-0.2, 0) is 11.3 Å². The lowest BCUT2D eigenvalue weighted by Crippen LogP contribution is -2.48. The minimum absolute atomic E-state index is 0. The number of carbonyl (C=O) groups excluding carboxylic acids is 1. The van der Waals surface area contributed by atoms with E-state index in [0.717, 1.165) is 51.3 Å². The van der Waals surface area contributed by atoms with Crippen molar-refractivity contribution >= 4 is 30.7 Å². The SMILES string of the molecule is CNCCCC(=O)N1CCN(Cc2cc(OC)c(OC)c(OC)c2)CC1.Cl.Cl. The molecule has 162 valence electrons. The van der Waals surface area contributed by atoms with E-state index in [9.17, 15) is 4.79 Å². The van der Waals surface area contributed by atoms with E-state index in [0.29, 0.717) is 23.7 Å². The summed E-state index contributed by atoms with van der Waals surface area (Å²) in [4.78, 5) is 16.5. The van der Waals surface area contributed by atoms with Gasteiger partial charge in [-0.3, -0.25) is 9.69 Å². The Labute approximate surface area is 180 Å². The molecule has 0 bridgehead atoms. The van der Waals surface area contributed by atoms with Crippen LogP contribution in [0, 0.1) is 0 Å². The summed E-state index contributed by atoms with van der Waals surface area (Å²) < 4.78 is 16.2. The number of methoxy groups -OCH3 is 3. The van der Waals surface area contributed by atoms with Gasteiger partial charge in [0, 0.05) is 39.1 Å².